The van der Waals surface area contributed by atoms with Gasteiger partial charge in [-0.2, -0.15) is 0 Å². The van der Waals surface area contributed by atoms with Crippen molar-refractivity contribution in [2.24, 2.45) is 0 Å². The maximum Gasteiger partial charge on any atom is 0.0757 e. The summed E-state index contributed by atoms with van der Waals surface area (Å²) in [4.78, 5) is 2.29. The van der Waals surface area contributed by atoms with Crippen molar-refractivity contribution in [1.82, 2.24) is 0 Å². The van der Waals surface area contributed by atoms with E-state index in [1.807, 2.05) is 18.4 Å². The molecule has 0 saturated heterocycles. The number of benzene rings is 1. The van der Waals surface area contributed by atoms with Crippen LogP contribution in [0, 0.1) is 6.92 Å². The molecule has 0 unspecified atom stereocenters. The first-order valence-corrected chi connectivity index (χ1v) is 5.66. The minimum absolute atomic E-state index is 1.07. The molecule has 0 spiro atoms. The highest BCUT2D eigenvalue weighted by Gasteiger charge is 2.04. The first-order valence-electron chi connectivity index (χ1n) is 3.38. The fourth-order valence-electron chi connectivity index (χ4n) is 0.987. The van der Waals surface area contributed by atoms with Crippen molar-refractivity contribution < 1.29 is 3.74 Å². The topological polar surface area (TPSA) is 9.23 Å². The van der Waals surface area contributed by atoms with Crippen LogP contribution in [0.15, 0.2) is 28.0 Å². The summed E-state index contributed by atoms with van der Waals surface area (Å²) in [6.45, 7) is 2.07. The SMILES string of the molecule is CSc1c(C)cccc1SOCl. The average molecular weight is 221 g/mol. The van der Waals surface area contributed by atoms with Gasteiger partial charge in [0, 0.05) is 4.90 Å². The lowest BCUT2D eigenvalue weighted by Gasteiger charge is -2.06. The molecule has 1 rings (SSSR count). The third-order valence-corrected chi connectivity index (χ3v) is 3.35. The lowest BCUT2D eigenvalue weighted by atomic mass is 10.2. The van der Waals surface area contributed by atoms with Gasteiger partial charge in [0.2, 0.25) is 0 Å². The van der Waals surface area contributed by atoms with Gasteiger partial charge >= 0.3 is 0 Å². The number of hydrogen-bond donors (Lipinski definition) is 0. The van der Waals surface area contributed by atoms with Gasteiger partial charge in [0.25, 0.3) is 0 Å². The molecule has 4 heteroatoms. The Morgan fingerprint density at radius 2 is 2.17 bits per heavy atom. The molecule has 0 aromatic heterocycles. The molecule has 0 heterocycles. The van der Waals surface area contributed by atoms with E-state index in [1.165, 1.54) is 22.5 Å². The Hall–Kier alpha value is 0.170. The zero-order chi connectivity index (χ0) is 8.97. The van der Waals surface area contributed by atoms with Crippen LogP contribution >= 0.6 is 35.7 Å². The van der Waals surface area contributed by atoms with E-state index in [0.717, 1.165) is 4.90 Å². The lowest BCUT2D eigenvalue weighted by molar-refractivity contribution is 0.724. The molecule has 0 aliphatic carbocycles. The minimum Gasteiger partial charge on any atom is -0.202 e. The second-order valence-corrected chi connectivity index (χ2v) is 4.18. The van der Waals surface area contributed by atoms with Crippen LogP contribution in [0.5, 0.6) is 0 Å². The van der Waals surface area contributed by atoms with Crippen molar-refractivity contribution in [3.05, 3.63) is 23.8 Å². The molecular weight excluding hydrogens is 212 g/mol. The molecule has 0 radical (unpaired) electrons. The van der Waals surface area contributed by atoms with E-state index in [1.54, 1.807) is 11.8 Å². The molecule has 66 valence electrons. The molecule has 0 aliphatic rings. The number of halogens is 1. The van der Waals surface area contributed by atoms with Crippen molar-refractivity contribution in [2.45, 2.75) is 16.7 Å². The van der Waals surface area contributed by atoms with Gasteiger partial charge in [-0.25, -0.2) is 3.74 Å². The standard InChI is InChI=1S/C8H9ClOS2/c1-6-4-3-5-7(12-10-9)8(6)11-2/h3-5H,1-2H3. The van der Waals surface area contributed by atoms with Crippen molar-refractivity contribution in [3.8, 4) is 0 Å². The molecule has 1 aromatic carbocycles. The third kappa shape index (κ3) is 2.33. The summed E-state index contributed by atoms with van der Waals surface area (Å²) in [7, 11) is 0. The van der Waals surface area contributed by atoms with E-state index >= 15 is 0 Å². The molecule has 0 atom stereocenters. The lowest BCUT2D eigenvalue weighted by Crippen LogP contribution is -1.81. The zero-order valence-corrected chi connectivity index (χ0v) is 9.22. The summed E-state index contributed by atoms with van der Waals surface area (Å²) in [5.41, 5.74) is 1.25. The second-order valence-electron chi connectivity index (χ2n) is 2.25. The molecular formula is C8H9ClOS2. The van der Waals surface area contributed by atoms with Crippen LogP contribution in [0.4, 0.5) is 0 Å². The van der Waals surface area contributed by atoms with Gasteiger partial charge in [0.05, 0.1) is 28.8 Å². The van der Waals surface area contributed by atoms with Crippen molar-refractivity contribution in [1.29, 1.82) is 0 Å². The summed E-state index contributed by atoms with van der Waals surface area (Å²) in [5.74, 6) is 0. The molecule has 1 nitrogen and oxygen atoms in total. The minimum atomic E-state index is 1.07. The van der Waals surface area contributed by atoms with E-state index in [9.17, 15) is 0 Å². The Labute approximate surface area is 86.2 Å². The highest BCUT2D eigenvalue weighted by Crippen LogP contribution is 2.33. The van der Waals surface area contributed by atoms with Crippen molar-refractivity contribution >= 4 is 35.7 Å². The highest BCUT2D eigenvalue weighted by atomic mass is 35.5. The highest BCUT2D eigenvalue weighted by molar-refractivity contribution is 8.00. The number of aryl methyl sites for hydroxylation is 1. The smallest absolute Gasteiger partial charge is 0.0757 e. The number of hydrogen-bond acceptors (Lipinski definition) is 3. The van der Waals surface area contributed by atoms with Gasteiger partial charge in [-0.1, -0.05) is 12.1 Å². The van der Waals surface area contributed by atoms with Gasteiger partial charge in [-0.3, -0.25) is 0 Å². The average Bonchev–Trinajstić information content (AvgIpc) is 2.05. The Morgan fingerprint density at radius 1 is 1.42 bits per heavy atom. The summed E-state index contributed by atoms with van der Waals surface area (Å²) in [6, 6.07) is 6.06. The maximum absolute atomic E-state index is 5.17. The summed E-state index contributed by atoms with van der Waals surface area (Å²) < 4.78 is 4.50. The number of rotatable bonds is 3. The monoisotopic (exact) mass is 220 g/mol. The van der Waals surface area contributed by atoms with Crippen LogP contribution in [0.25, 0.3) is 0 Å². The van der Waals surface area contributed by atoms with Gasteiger partial charge in [-0.05, 0) is 24.8 Å². The van der Waals surface area contributed by atoms with E-state index in [4.69, 9.17) is 11.9 Å². The van der Waals surface area contributed by atoms with E-state index in [0.29, 0.717) is 0 Å². The number of thioether (sulfide) groups is 1. The fraction of sp³-hybridized carbons (Fsp3) is 0.250. The van der Waals surface area contributed by atoms with Crippen molar-refractivity contribution in [3.63, 3.8) is 0 Å². The normalized spacial score (nSPS) is 10.2. The first-order chi connectivity index (χ1) is 5.79. The van der Waals surface area contributed by atoms with E-state index < -0.39 is 0 Å². The first kappa shape index (κ1) is 10.3. The molecule has 0 saturated carbocycles. The quantitative estimate of drug-likeness (QED) is 0.565. The Balaban J connectivity index is 3.00. The van der Waals surface area contributed by atoms with Crippen LogP contribution in [-0.4, -0.2) is 6.26 Å². The zero-order valence-electron chi connectivity index (χ0n) is 6.83. The Kier molecular flexibility index (Phi) is 4.29. The van der Waals surface area contributed by atoms with Gasteiger partial charge in [0.15, 0.2) is 0 Å². The van der Waals surface area contributed by atoms with Gasteiger partial charge in [-0.15, -0.1) is 11.8 Å². The summed E-state index contributed by atoms with van der Waals surface area (Å²) in [6.07, 6.45) is 2.04. The van der Waals surface area contributed by atoms with Crippen molar-refractivity contribution in [2.75, 3.05) is 6.26 Å². The second kappa shape index (κ2) is 5.02. The molecule has 0 bridgehead atoms. The van der Waals surface area contributed by atoms with E-state index in [-0.39, 0.29) is 0 Å². The maximum atomic E-state index is 5.17. The van der Waals surface area contributed by atoms with E-state index in [2.05, 4.69) is 16.7 Å². The largest absolute Gasteiger partial charge is 0.202 e. The molecule has 12 heavy (non-hydrogen) atoms. The van der Waals surface area contributed by atoms with Crippen LogP contribution < -0.4 is 0 Å². The predicted molar refractivity (Wildman–Crippen MR) is 55.8 cm³/mol. The Morgan fingerprint density at radius 3 is 2.75 bits per heavy atom. The molecule has 0 fully saturated rings. The summed E-state index contributed by atoms with van der Waals surface area (Å²) in [5, 5.41) is 0. The fourth-order valence-corrected chi connectivity index (χ4v) is 2.64. The predicted octanol–water partition coefficient (Wildman–Crippen LogP) is 3.89. The van der Waals surface area contributed by atoms with Crippen LogP contribution in [0.1, 0.15) is 5.56 Å². The molecule has 0 N–H and O–H groups in total. The molecule has 0 amide bonds. The summed E-state index contributed by atoms with van der Waals surface area (Å²) >= 11 is 8.06. The Bertz CT molecular complexity index is 265. The van der Waals surface area contributed by atoms with Crippen LogP contribution in [0.2, 0.25) is 0 Å². The molecule has 0 aliphatic heterocycles. The molecule has 1 aromatic rings. The van der Waals surface area contributed by atoms with Gasteiger partial charge < -0.3 is 0 Å². The van der Waals surface area contributed by atoms with Gasteiger partial charge in [0.1, 0.15) is 0 Å². The van der Waals surface area contributed by atoms with Crippen LogP contribution in [-0.2, 0) is 3.74 Å². The third-order valence-electron chi connectivity index (χ3n) is 1.50. The van der Waals surface area contributed by atoms with Crippen LogP contribution in [0.3, 0.4) is 0 Å².